The lowest BCUT2D eigenvalue weighted by Gasteiger charge is -2.30. The first-order valence-corrected chi connectivity index (χ1v) is 10.6. The quantitative estimate of drug-likeness (QED) is 0.718. The molecule has 0 aliphatic carbocycles. The maximum Gasteiger partial charge on any atom is 0.257 e. The number of amides is 1. The number of H-pyrrole nitrogens is 1. The van der Waals surface area contributed by atoms with Crippen LogP contribution < -0.4 is 9.80 Å². The van der Waals surface area contributed by atoms with Crippen LogP contribution in [0.25, 0.3) is 11.0 Å². The molecule has 0 unspecified atom stereocenters. The van der Waals surface area contributed by atoms with Crippen molar-refractivity contribution in [2.75, 3.05) is 62.3 Å². The van der Waals surface area contributed by atoms with Crippen LogP contribution in [0, 0.1) is 0 Å². The molecule has 2 saturated heterocycles. The Hall–Kier alpha value is -3.13. The topological polar surface area (TPSA) is 77.6 Å². The molecule has 2 aliphatic rings. The van der Waals surface area contributed by atoms with Crippen LogP contribution in [0.2, 0.25) is 0 Å². The van der Waals surface area contributed by atoms with Crippen LogP contribution in [-0.2, 0) is 4.74 Å². The highest BCUT2D eigenvalue weighted by Gasteiger charge is 2.26. The fourth-order valence-electron chi connectivity index (χ4n) is 4.18. The second kappa shape index (κ2) is 8.31. The fraction of sp³-hybridized carbons (Fsp3) is 0.409. The normalized spacial score (nSPS) is 17.9. The van der Waals surface area contributed by atoms with Gasteiger partial charge in [-0.2, -0.15) is 0 Å². The number of carbonyl (C=O) groups is 1. The van der Waals surface area contributed by atoms with Gasteiger partial charge < -0.3 is 24.4 Å². The van der Waals surface area contributed by atoms with Crippen molar-refractivity contribution in [2.24, 2.45) is 0 Å². The van der Waals surface area contributed by atoms with E-state index in [0.717, 1.165) is 61.9 Å². The van der Waals surface area contributed by atoms with E-state index in [9.17, 15) is 4.79 Å². The zero-order valence-electron chi connectivity index (χ0n) is 17.0. The Labute approximate surface area is 175 Å². The van der Waals surface area contributed by atoms with Crippen LogP contribution in [0.4, 0.5) is 11.8 Å². The number of para-hydroxylation sites is 2. The number of nitrogens with one attached hydrogen (secondary N) is 1. The van der Waals surface area contributed by atoms with E-state index in [4.69, 9.17) is 9.72 Å². The number of nitrogens with zero attached hydrogens (tertiary/aromatic N) is 5. The third kappa shape index (κ3) is 3.70. The van der Waals surface area contributed by atoms with Crippen molar-refractivity contribution in [3.05, 3.63) is 48.2 Å². The Morgan fingerprint density at radius 1 is 0.933 bits per heavy atom. The summed E-state index contributed by atoms with van der Waals surface area (Å²) in [6.45, 7) is 5.86. The van der Waals surface area contributed by atoms with Crippen molar-refractivity contribution in [3.8, 4) is 0 Å². The van der Waals surface area contributed by atoms with E-state index >= 15 is 0 Å². The Bertz CT molecular complexity index is 996. The summed E-state index contributed by atoms with van der Waals surface area (Å²) in [5.74, 6) is 1.70. The lowest BCUT2D eigenvalue weighted by Crippen LogP contribution is -2.40. The average molecular weight is 406 g/mol. The van der Waals surface area contributed by atoms with E-state index in [1.54, 1.807) is 6.20 Å². The van der Waals surface area contributed by atoms with Gasteiger partial charge in [0.05, 0.1) is 29.8 Å². The lowest BCUT2D eigenvalue weighted by molar-refractivity contribution is 0.0766. The van der Waals surface area contributed by atoms with E-state index in [1.807, 2.05) is 41.3 Å². The Morgan fingerprint density at radius 2 is 1.80 bits per heavy atom. The Kier molecular flexibility index (Phi) is 5.23. The highest BCUT2D eigenvalue weighted by Crippen LogP contribution is 2.22. The molecule has 0 bridgehead atoms. The summed E-state index contributed by atoms with van der Waals surface area (Å²) < 4.78 is 5.45. The number of ether oxygens (including phenoxy) is 1. The van der Waals surface area contributed by atoms with Gasteiger partial charge in [-0.1, -0.05) is 12.1 Å². The number of aromatic nitrogens is 3. The largest absolute Gasteiger partial charge is 0.378 e. The summed E-state index contributed by atoms with van der Waals surface area (Å²) >= 11 is 0. The zero-order valence-corrected chi connectivity index (χ0v) is 17.0. The second-order valence-corrected chi connectivity index (χ2v) is 7.68. The molecule has 1 N–H and O–H groups in total. The summed E-state index contributed by atoms with van der Waals surface area (Å²) in [6.07, 6.45) is 2.66. The minimum Gasteiger partial charge on any atom is -0.378 e. The summed E-state index contributed by atoms with van der Waals surface area (Å²) in [5, 5.41) is 0. The van der Waals surface area contributed by atoms with Gasteiger partial charge in [-0.15, -0.1) is 0 Å². The second-order valence-electron chi connectivity index (χ2n) is 7.68. The monoisotopic (exact) mass is 406 g/mol. The molecule has 156 valence electrons. The van der Waals surface area contributed by atoms with Crippen molar-refractivity contribution >= 4 is 28.7 Å². The molecule has 2 aliphatic heterocycles. The molecule has 0 saturated carbocycles. The average Bonchev–Trinajstić information content (AvgIpc) is 3.08. The third-order valence-corrected chi connectivity index (χ3v) is 5.79. The van der Waals surface area contributed by atoms with Gasteiger partial charge in [-0.05, 0) is 30.7 Å². The Balaban J connectivity index is 1.32. The van der Waals surface area contributed by atoms with Gasteiger partial charge in [-0.3, -0.25) is 4.79 Å². The van der Waals surface area contributed by atoms with Crippen LogP contribution in [0.3, 0.4) is 0 Å². The molecule has 3 aromatic rings. The first kappa shape index (κ1) is 18.9. The number of aromatic amines is 1. The van der Waals surface area contributed by atoms with Gasteiger partial charge in [-0.25, -0.2) is 9.97 Å². The number of hydrogen-bond acceptors (Lipinski definition) is 6. The molecule has 4 heterocycles. The minimum atomic E-state index is 0.0519. The maximum absolute atomic E-state index is 13.4. The molecule has 1 amide bonds. The van der Waals surface area contributed by atoms with E-state index in [-0.39, 0.29) is 5.91 Å². The van der Waals surface area contributed by atoms with Gasteiger partial charge in [0.1, 0.15) is 5.82 Å². The van der Waals surface area contributed by atoms with Crippen LogP contribution >= 0.6 is 0 Å². The number of benzene rings is 1. The van der Waals surface area contributed by atoms with E-state index in [2.05, 4.69) is 19.8 Å². The summed E-state index contributed by atoms with van der Waals surface area (Å²) in [7, 11) is 0. The first-order chi connectivity index (χ1) is 14.8. The predicted octanol–water partition coefficient (Wildman–Crippen LogP) is 2.15. The molecular formula is C22H26N6O2. The molecule has 0 radical (unpaired) electrons. The number of rotatable bonds is 3. The molecule has 1 aromatic carbocycles. The van der Waals surface area contributed by atoms with Crippen molar-refractivity contribution in [1.82, 2.24) is 19.9 Å². The van der Waals surface area contributed by atoms with Crippen LogP contribution in [0.15, 0.2) is 42.6 Å². The number of carbonyl (C=O) groups excluding carboxylic acids is 1. The van der Waals surface area contributed by atoms with Gasteiger partial charge >= 0.3 is 0 Å². The highest BCUT2D eigenvalue weighted by atomic mass is 16.5. The van der Waals surface area contributed by atoms with Gasteiger partial charge in [0.25, 0.3) is 5.91 Å². The van der Waals surface area contributed by atoms with Crippen molar-refractivity contribution in [2.45, 2.75) is 6.42 Å². The van der Waals surface area contributed by atoms with Crippen molar-refractivity contribution in [3.63, 3.8) is 0 Å². The molecule has 0 spiro atoms. The zero-order chi connectivity index (χ0) is 20.3. The molecule has 2 aromatic heterocycles. The van der Waals surface area contributed by atoms with E-state index < -0.39 is 0 Å². The molecule has 0 atom stereocenters. The molecule has 30 heavy (non-hydrogen) atoms. The molecule has 2 fully saturated rings. The SMILES string of the molecule is O=C(c1cccnc1N1CCOCC1)N1CCCN(c2nc3ccccc3[nH]2)CC1. The summed E-state index contributed by atoms with van der Waals surface area (Å²) in [6, 6.07) is 11.8. The van der Waals surface area contributed by atoms with E-state index in [1.165, 1.54) is 0 Å². The maximum atomic E-state index is 13.4. The summed E-state index contributed by atoms with van der Waals surface area (Å²) in [4.78, 5) is 32.4. The first-order valence-electron chi connectivity index (χ1n) is 10.6. The molecular weight excluding hydrogens is 380 g/mol. The van der Waals surface area contributed by atoms with Crippen LogP contribution in [-0.4, -0.2) is 78.2 Å². The van der Waals surface area contributed by atoms with Gasteiger partial charge in [0, 0.05) is 45.5 Å². The number of imidazole rings is 1. The standard InChI is InChI=1S/C22H26N6O2/c29-21(17-5-3-8-23-20(17)26-13-15-30-16-14-26)27-9-4-10-28(12-11-27)22-24-18-6-1-2-7-19(18)25-22/h1-3,5-8H,4,9-16H2,(H,24,25). The minimum absolute atomic E-state index is 0.0519. The number of fused-ring (bicyclic) bond motifs is 1. The fourth-order valence-corrected chi connectivity index (χ4v) is 4.18. The number of hydrogen-bond donors (Lipinski definition) is 1. The van der Waals surface area contributed by atoms with E-state index in [0.29, 0.717) is 25.3 Å². The van der Waals surface area contributed by atoms with Crippen LogP contribution in [0.5, 0.6) is 0 Å². The highest BCUT2D eigenvalue weighted by molar-refractivity contribution is 5.99. The Morgan fingerprint density at radius 3 is 2.67 bits per heavy atom. The van der Waals surface area contributed by atoms with Crippen LogP contribution in [0.1, 0.15) is 16.8 Å². The van der Waals surface area contributed by atoms with Crippen molar-refractivity contribution in [1.29, 1.82) is 0 Å². The lowest BCUT2D eigenvalue weighted by atomic mass is 10.2. The number of pyridine rings is 1. The predicted molar refractivity (Wildman–Crippen MR) is 116 cm³/mol. The van der Waals surface area contributed by atoms with Gasteiger partial charge in [0.2, 0.25) is 5.95 Å². The smallest absolute Gasteiger partial charge is 0.257 e. The third-order valence-electron chi connectivity index (χ3n) is 5.79. The molecule has 8 nitrogen and oxygen atoms in total. The van der Waals surface area contributed by atoms with Crippen molar-refractivity contribution < 1.29 is 9.53 Å². The van der Waals surface area contributed by atoms with Gasteiger partial charge in [0.15, 0.2) is 0 Å². The summed E-state index contributed by atoms with van der Waals surface area (Å²) in [5.41, 5.74) is 2.68. The molecule has 5 rings (SSSR count). The molecule has 8 heteroatoms. The number of anilines is 2. The number of morpholine rings is 1.